The summed E-state index contributed by atoms with van der Waals surface area (Å²) >= 11 is 2.37. The van der Waals surface area contributed by atoms with Gasteiger partial charge in [-0.2, -0.15) is 0 Å². The molecule has 78 valence electrons. The van der Waals surface area contributed by atoms with Gasteiger partial charge in [-0.05, 0) is 54.0 Å². The van der Waals surface area contributed by atoms with Gasteiger partial charge in [0.05, 0.1) is 0 Å². The highest BCUT2D eigenvalue weighted by atomic mass is 127. The summed E-state index contributed by atoms with van der Waals surface area (Å²) in [4.78, 5) is 4.39. The molecule has 0 saturated carbocycles. The Labute approximate surface area is 99.7 Å². The number of aromatic nitrogens is 1. The Morgan fingerprint density at radius 1 is 1.29 bits per heavy atom. The molecule has 0 atom stereocenters. The van der Waals surface area contributed by atoms with Gasteiger partial charge in [-0.3, -0.25) is 0 Å². The van der Waals surface area contributed by atoms with Crippen LogP contribution in [0.25, 0.3) is 0 Å². The van der Waals surface area contributed by atoms with E-state index in [0.29, 0.717) is 12.0 Å². The van der Waals surface area contributed by atoms with Crippen LogP contribution in [0.4, 0.5) is 5.82 Å². The molecule has 0 fully saturated rings. The normalized spacial score (nSPS) is 11.1. The van der Waals surface area contributed by atoms with Crippen molar-refractivity contribution in [1.29, 1.82) is 0 Å². The van der Waals surface area contributed by atoms with E-state index < -0.39 is 0 Å². The van der Waals surface area contributed by atoms with E-state index in [1.165, 1.54) is 9.13 Å². The summed E-state index contributed by atoms with van der Waals surface area (Å²) in [5, 5.41) is 3.30. The highest BCUT2D eigenvalue weighted by molar-refractivity contribution is 14.1. The topological polar surface area (TPSA) is 24.9 Å². The van der Waals surface area contributed by atoms with E-state index in [2.05, 4.69) is 66.7 Å². The first kappa shape index (κ1) is 11.8. The number of nitrogens with zero attached hydrogens (tertiary/aromatic N) is 1. The van der Waals surface area contributed by atoms with E-state index in [1.54, 1.807) is 0 Å². The van der Waals surface area contributed by atoms with Crippen LogP contribution in [0.1, 0.15) is 39.2 Å². The molecule has 1 aromatic rings. The molecule has 14 heavy (non-hydrogen) atoms. The lowest BCUT2D eigenvalue weighted by Gasteiger charge is -2.12. The molecule has 0 bridgehead atoms. The summed E-state index contributed by atoms with van der Waals surface area (Å²) in [6.45, 7) is 8.61. The van der Waals surface area contributed by atoms with Gasteiger partial charge in [0.25, 0.3) is 0 Å². The molecule has 0 radical (unpaired) electrons. The minimum atomic E-state index is 0.434. The van der Waals surface area contributed by atoms with Crippen LogP contribution in [0.15, 0.2) is 12.3 Å². The van der Waals surface area contributed by atoms with Crippen LogP contribution in [0.2, 0.25) is 0 Å². The molecule has 0 unspecified atom stereocenters. The molecular weight excluding hydrogens is 287 g/mol. The summed E-state index contributed by atoms with van der Waals surface area (Å²) in [6.07, 6.45) is 1.97. The molecule has 0 amide bonds. The van der Waals surface area contributed by atoms with Gasteiger partial charge in [0.1, 0.15) is 5.82 Å². The highest BCUT2D eigenvalue weighted by Crippen LogP contribution is 2.22. The van der Waals surface area contributed by atoms with Crippen molar-refractivity contribution in [2.75, 3.05) is 5.32 Å². The van der Waals surface area contributed by atoms with Crippen molar-refractivity contribution in [2.45, 2.75) is 39.7 Å². The molecule has 3 heteroatoms. The number of anilines is 1. The van der Waals surface area contributed by atoms with Gasteiger partial charge < -0.3 is 5.32 Å². The zero-order valence-corrected chi connectivity index (χ0v) is 11.3. The van der Waals surface area contributed by atoms with Crippen molar-refractivity contribution < 1.29 is 0 Å². The molecule has 1 N–H and O–H groups in total. The fraction of sp³-hybridized carbons (Fsp3) is 0.545. The Bertz CT molecular complexity index is 308. The van der Waals surface area contributed by atoms with E-state index >= 15 is 0 Å². The third kappa shape index (κ3) is 3.12. The summed E-state index contributed by atoms with van der Waals surface area (Å²) < 4.78 is 1.29. The van der Waals surface area contributed by atoms with Crippen molar-refractivity contribution in [3.05, 3.63) is 21.4 Å². The first-order chi connectivity index (χ1) is 6.50. The summed E-state index contributed by atoms with van der Waals surface area (Å²) in [5.41, 5.74) is 1.32. The summed E-state index contributed by atoms with van der Waals surface area (Å²) in [5.74, 6) is 1.51. The Hall–Kier alpha value is -0.320. The van der Waals surface area contributed by atoms with Crippen molar-refractivity contribution in [2.24, 2.45) is 0 Å². The van der Waals surface area contributed by atoms with E-state index in [4.69, 9.17) is 0 Å². The SMILES string of the molecule is CC(C)Nc1cc(I)c(C(C)C)cn1. The fourth-order valence-electron chi connectivity index (χ4n) is 1.24. The van der Waals surface area contributed by atoms with Gasteiger partial charge in [0.2, 0.25) is 0 Å². The third-order valence-electron chi connectivity index (χ3n) is 1.94. The van der Waals surface area contributed by atoms with Gasteiger partial charge in [-0.1, -0.05) is 13.8 Å². The van der Waals surface area contributed by atoms with Crippen LogP contribution in [0, 0.1) is 3.57 Å². The summed E-state index contributed by atoms with van der Waals surface area (Å²) in [7, 11) is 0. The Balaban J connectivity index is 2.89. The van der Waals surface area contributed by atoms with Crippen LogP contribution in [-0.2, 0) is 0 Å². The quantitative estimate of drug-likeness (QED) is 0.863. The van der Waals surface area contributed by atoms with Gasteiger partial charge >= 0.3 is 0 Å². The molecular formula is C11H17IN2. The molecule has 0 aliphatic carbocycles. The smallest absolute Gasteiger partial charge is 0.127 e. The predicted octanol–water partition coefficient (Wildman–Crippen LogP) is 3.63. The number of nitrogens with one attached hydrogen (secondary N) is 1. The Kier molecular flexibility index (Phi) is 4.16. The zero-order chi connectivity index (χ0) is 10.7. The molecule has 1 heterocycles. The third-order valence-corrected chi connectivity index (χ3v) is 2.87. The van der Waals surface area contributed by atoms with Crippen LogP contribution < -0.4 is 5.32 Å². The molecule has 0 aliphatic heterocycles. The minimum Gasteiger partial charge on any atom is -0.368 e. The second-order valence-electron chi connectivity index (χ2n) is 4.04. The fourth-order valence-corrected chi connectivity index (χ4v) is 2.30. The number of halogens is 1. The monoisotopic (exact) mass is 304 g/mol. The lowest BCUT2D eigenvalue weighted by atomic mass is 10.1. The molecule has 0 spiro atoms. The maximum atomic E-state index is 4.39. The van der Waals surface area contributed by atoms with Gasteiger partial charge in [-0.15, -0.1) is 0 Å². The number of hydrogen-bond acceptors (Lipinski definition) is 2. The van der Waals surface area contributed by atoms with Gasteiger partial charge in [0.15, 0.2) is 0 Å². The largest absolute Gasteiger partial charge is 0.368 e. The first-order valence-electron chi connectivity index (χ1n) is 4.92. The van der Waals surface area contributed by atoms with E-state index in [0.717, 1.165) is 5.82 Å². The predicted molar refractivity (Wildman–Crippen MR) is 69.8 cm³/mol. The molecule has 0 saturated heterocycles. The lowest BCUT2D eigenvalue weighted by Crippen LogP contribution is -2.11. The molecule has 0 aliphatic rings. The van der Waals surface area contributed by atoms with E-state index in [9.17, 15) is 0 Å². The van der Waals surface area contributed by atoms with Gasteiger partial charge in [0, 0.05) is 15.8 Å². The number of hydrogen-bond donors (Lipinski definition) is 1. The average Bonchev–Trinajstić information content (AvgIpc) is 2.01. The number of rotatable bonds is 3. The van der Waals surface area contributed by atoms with Crippen molar-refractivity contribution >= 4 is 28.4 Å². The first-order valence-corrected chi connectivity index (χ1v) is 6.00. The molecule has 1 rings (SSSR count). The van der Waals surface area contributed by atoms with Crippen LogP contribution in [-0.4, -0.2) is 11.0 Å². The van der Waals surface area contributed by atoms with Crippen molar-refractivity contribution in [3.63, 3.8) is 0 Å². The van der Waals surface area contributed by atoms with Crippen molar-refractivity contribution in [3.8, 4) is 0 Å². The van der Waals surface area contributed by atoms with Crippen LogP contribution in [0.5, 0.6) is 0 Å². The average molecular weight is 304 g/mol. The van der Waals surface area contributed by atoms with Crippen LogP contribution >= 0.6 is 22.6 Å². The maximum Gasteiger partial charge on any atom is 0.127 e. The zero-order valence-electron chi connectivity index (χ0n) is 9.13. The minimum absolute atomic E-state index is 0.434. The summed E-state index contributed by atoms with van der Waals surface area (Å²) in [6, 6.07) is 2.54. The van der Waals surface area contributed by atoms with E-state index in [1.807, 2.05) is 6.20 Å². The Morgan fingerprint density at radius 2 is 1.93 bits per heavy atom. The maximum absolute atomic E-state index is 4.39. The number of pyridine rings is 1. The molecule has 1 aromatic heterocycles. The standard InChI is InChI=1S/C11H17IN2/c1-7(2)9-6-13-11(5-10(9)12)14-8(3)4/h5-8H,1-4H3,(H,13,14). The Morgan fingerprint density at radius 3 is 2.36 bits per heavy atom. The second kappa shape index (κ2) is 4.96. The lowest BCUT2D eigenvalue weighted by molar-refractivity contribution is 0.845. The van der Waals surface area contributed by atoms with Crippen molar-refractivity contribution in [1.82, 2.24) is 4.98 Å². The van der Waals surface area contributed by atoms with Crippen LogP contribution in [0.3, 0.4) is 0 Å². The second-order valence-corrected chi connectivity index (χ2v) is 5.21. The highest BCUT2D eigenvalue weighted by Gasteiger charge is 2.06. The van der Waals surface area contributed by atoms with Gasteiger partial charge in [-0.25, -0.2) is 4.98 Å². The molecule has 2 nitrogen and oxygen atoms in total. The molecule has 0 aromatic carbocycles. The van der Waals surface area contributed by atoms with E-state index in [-0.39, 0.29) is 0 Å².